The van der Waals surface area contributed by atoms with Crippen LogP contribution >= 0.6 is 0 Å². The molecule has 0 unspecified atom stereocenters. The summed E-state index contributed by atoms with van der Waals surface area (Å²) in [5, 5.41) is 3.42. The van der Waals surface area contributed by atoms with Crippen LogP contribution in [0.5, 0.6) is 0 Å². The fraction of sp³-hybridized carbons (Fsp3) is 1.00. The standard InChI is InChI=1S/C15H31N3O2S/c1-18(2)15(9-3-4-10-15)13-17-21(19,20)12-6-5-11-16-14-7-8-14/h14,16-17H,3-13H2,1-2H3. The van der Waals surface area contributed by atoms with Crippen LogP contribution in [-0.2, 0) is 10.0 Å². The van der Waals surface area contributed by atoms with E-state index >= 15 is 0 Å². The molecule has 0 spiro atoms. The first-order valence-electron chi connectivity index (χ1n) is 8.32. The van der Waals surface area contributed by atoms with Crippen molar-refractivity contribution in [3.05, 3.63) is 0 Å². The topological polar surface area (TPSA) is 61.4 Å². The van der Waals surface area contributed by atoms with Gasteiger partial charge in [0.05, 0.1) is 5.75 Å². The maximum atomic E-state index is 12.1. The number of sulfonamides is 1. The molecule has 0 heterocycles. The second kappa shape index (κ2) is 7.40. The molecule has 2 rings (SSSR count). The summed E-state index contributed by atoms with van der Waals surface area (Å²) >= 11 is 0. The highest BCUT2D eigenvalue weighted by Gasteiger charge is 2.36. The molecule has 2 fully saturated rings. The van der Waals surface area contributed by atoms with Crippen molar-refractivity contribution >= 4 is 10.0 Å². The highest BCUT2D eigenvalue weighted by molar-refractivity contribution is 7.89. The molecule has 0 amide bonds. The molecule has 6 heteroatoms. The third kappa shape index (κ3) is 5.51. The lowest BCUT2D eigenvalue weighted by molar-refractivity contribution is 0.162. The van der Waals surface area contributed by atoms with Crippen LogP contribution in [0, 0.1) is 0 Å². The lowest BCUT2D eigenvalue weighted by Crippen LogP contribution is -2.51. The number of rotatable bonds is 10. The van der Waals surface area contributed by atoms with Crippen LogP contribution in [-0.4, -0.2) is 57.8 Å². The van der Waals surface area contributed by atoms with Crippen LogP contribution in [0.4, 0.5) is 0 Å². The Morgan fingerprint density at radius 3 is 2.38 bits per heavy atom. The molecule has 124 valence electrons. The molecular formula is C15H31N3O2S. The van der Waals surface area contributed by atoms with Crippen LogP contribution in [0.25, 0.3) is 0 Å². The molecule has 21 heavy (non-hydrogen) atoms. The minimum Gasteiger partial charge on any atom is -0.314 e. The number of unbranched alkanes of at least 4 members (excludes halogenated alkanes) is 1. The molecular weight excluding hydrogens is 286 g/mol. The SMILES string of the molecule is CN(C)C1(CNS(=O)(=O)CCCCNC2CC2)CCCC1. The van der Waals surface area contributed by atoms with Gasteiger partial charge < -0.3 is 10.2 Å². The molecule has 0 aromatic rings. The first kappa shape index (κ1) is 17.2. The van der Waals surface area contributed by atoms with Gasteiger partial charge in [0.15, 0.2) is 0 Å². The fourth-order valence-corrected chi connectivity index (χ4v) is 4.36. The van der Waals surface area contributed by atoms with Gasteiger partial charge in [0, 0.05) is 18.1 Å². The van der Waals surface area contributed by atoms with Gasteiger partial charge in [-0.2, -0.15) is 0 Å². The zero-order chi connectivity index (χ0) is 15.3. The number of nitrogens with one attached hydrogen (secondary N) is 2. The summed E-state index contributed by atoms with van der Waals surface area (Å²) in [6.07, 6.45) is 8.83. The molecule has 2 aliphatic rings. The Labute approximate surface area is 129 Å². The molecule has 0 saturated heterocycles. The van der Waals surface area contributed by atoms with Crippen molar-refractivity contribution < 1.29 is 8.42 Å². The summed E-state index contributed by atoms with van der Waals surface area (Å²) in [6, 6.07) is 0.710. The monoisotopic (exact) mass is 317 g/mol. The molecule has 0 aromatic heterocycles. The molecule has 5 nitrogen and oxygen atoms in total. The van der Waals surface area contributed by atoms with E-state index in [1.54, 1.807) is 0 Å². The first-order chi connectivity index (χ1) is 9.94. The van der Waals surface area contributed by atoms with E-state index in [-0.39, 0.29) is 11.3 Å². The van der Waals surface area contributed by atoms with Crippen molar-refractivity contribution in [2.24, 2.45) is 0 Å². The van der Waals surface area contributed by atoms with Gasteiger partial charge in [0.1, 0.15) is 0 Å². The Bertz CT molecular complexity index is 413. The summed E-state index contributed by atoms with van der Waals surface area (Å²) < 4.78 is 27.1. The second-order valence-corrected chi connectivity index (χ2v) is 8.83. The van der Waals surface area contributed by atoms with Gasteiger partial charge in [-0.3, -0.25) is 0 Å². The van der Waals surface area contributed by atoms with E-state index in [0.29, 0.717) is 12.6 Å². The maximum Gasteiger partial charge on any atom is 0.211 e. The molecule has 0 aromatic carbocycles. The Kier molecular flexibility index (Phi) is 6.05. The van der Waals surface area contributed by atoms with Crippen molar-refractivity contribution in [2.45, 2.75) is 62.9 Å². The Morgan fingerprint density at radius 1 is 1.14 bits per heavy atom. The number of hydrogen-bond acceptors (Lipinski definition) is 4. The van der Waals surface area contributed by atoms with E-state index in [0.717, 1.165) is 32.2 Å². The van der Waals surface area contributed by atoms with E-state index in [4.69, 9.17) is 0 Å². The van der Waals surface area contributed by atoms with Crippen LogP contribution in [0.15, 0.2) is 0 Å². The van der Waals surface area contributed by atoms with Gasteiger partial charge in [-0.05, 0) is 59.2 Å². The van der Waals surface area contributed by atoms with E-state index in [1.165, 1.54) is 25.7 Å². The molecule has 0 radical (unpaired) electrons. The predicted octanol–water partition coefficient (Wildman–Crippen LogP) is 1.31. The lowest BCUT2D eigenvalue weighted by atomic mass is 9.97. The minimum absolute atomic E-state index is 0.0284. The highest BCUT2D eigenvalue weighted by Crippen LogP contribution is 2.33. The number of likely N-dealkylation sites (N-methyl/N-ethyl adjacent to an activating group) is 1. The summed E-state index contributed by atoms with van der Waals surface area (Å²) in [6.45, 7) is 1.50. The van der Waals surface area contributed by atoms with E-state index in [2.05, 4.69) is 29.0 Å². The lowest BCUT2D eigenvalue weighted by Gasteiger charge is -2.36. The van der Waals surface area contributed by atoms with Crippen molar-refractivity contribution in [1.82, 2.24) is 14.9 Å². The third-order valence-electron chi connectivity index (χ3n) is 4.95. The second-order valence-electron chi connectivity index (χ2n) is 6.90. The van der Waals surface area contributed by atoms with E-state index in [1.807, 2.05) is 0 Å². The van der Waals surface area contributed by atoms with Gasteiger partial charge in [0.25, 0.3) is 0 Å². The van der Waals surface area contributed by atoms with Crippen LogP contribution < -0.4 is 10.0 Å². The molecule has 0 bridgehead atoms. The molecule has 0 aliphatic heterocycles. The molecule has 2 aliphatic carbocycles. The van der Waals surface area contributed by atoms with E-state index in [9.17, 15) is 8.42 Å². The van der Waals surface area contributed by atoms with Crippen LogP contribution in [0.1, 0.15) is 51.4 Å². The Hall–Kier alpha value is -0.170. The van der Waals surface area contributed by atoms with Crippen LogP contribution in [0.3, 0.4) is 0 Å². The first-order valence-corrected chi connectivity index (χ1v) is 9.97. The third-order valence-corrected chi connectivity index (χ3v) is 6.36. The zero-order valence-electron chi connectivity index (χ0n) is 13.5. The Balaban J connectivity index is 1.67. The molecule has 2 saturated carbocycles. The fourth-order valence-electron chi connectivity index (χ4n) is 3.14. The molecule has 2 N–H and O–H groups in total. The molecule has 0 atom stereocenters. The minimum atomic E-state index is -3.13. The largest absolute Gasteiger partial charge is 0.314 e. The average molecular weight is 317 g/mol. The zero-order valence-corrected chi connectivity index (χ0v) is 14.3. The summed E-state index contributed by atoms with van der Waals surface area (Å²) in [5.74, 6) is 0.253. The highest BCUT2D eigenvalue weighted by atomic mass is 32.2. The smallest absolute Gasteiger partial charge is 0.211 e. The normalized spacial score (nSPS) is 22.0. The van der Waals surface area contributed by atoms with Gasteiger partial charge in [-0.15, -0.1) is 0 Å². The van der Waals surface area contributed by atoms with Crippen molar-refractivity contribution in [3.63, 3.8) is 0 Å². The summed E-state index contributed by atoms with van der Waals surface area (Å²) in [4.78, 5) is 2.20. The van der Waals surface area contributed by atoms with Gasteiger partial charge >= 0.3 is 0 Å². The van der Waals surface area contributed by atoms with Crippen molar-refractivity contribution in [3.8, 4) is 0 Å². The quantitative estimate of drug-likeness (QED) is 0.597. The number of nitrogens with zero attached hydrogens (tertiary/aromatic N) is 1. The summed E-state index contributed by atoms with van der Waals surface area (Å²) in [7, 11) is 0.987. The predicted molar refractivity (Wildman–Crippen MR) is 86.9 cm³/mol. The maximum absolute atomic E-state index is 12.1. The average Bonchev–Trinajstić information content (AvgIpc) is 3.11. The summed E-state index contributed by atoms with van der Waals surface area (Å²) in [5.41, 5.74) is 0.0284. The number of hydrogen-bond donors (Lipinski definition) is 2. The van der Waals surface area contributed by atoms with Gasteiger partial charge in [-0.1, -0.05) is 12.8 Å². The van der Waals surface area contributed by atoms with Crippen LogP contribution in [0.2, 0.25) is 0 Å². The van der Waals surface area contributed by atoms with Gasteiger partial charge in [-0.25, -0.2) is 13.1 Å². The van der Waals surface area contributed by atoms with E-state index < -0.39 is 10.0 Å². The van der Waals surface area contributed by atoms with Crippen molar-refractivity contribution in [2.75, 3.05) is 32.9 Å². The van der Waals surface area contributed by atoms with Gasteiger partial charge in [0.2, 0.25) is 10.0 Å². The Morgan fingerprint density at radius 2 is 1.81 bits per heavy atom. The van der Waals surface area contributed by atoms with Crippen molar-refractivity contribution in [1.29, 1.82) is 0 Å².